The Hall–Kier alpha value is -1.71. The number of fused-ring (bicyclic) bond motifs is 1. The van der Waals surface area contributed by atoms with E-state index in [-0.39, 0.29) is 30.1 Å². The van der Waals surface area contributed by atoms with Gasteiger partial charge >= 0.3 is 0 Å². The van der Waals surface area contributed by atoms with Crippen LogP contribution in [0.2, 0.25) is 0 Å². The topological polar surface area (TPSA) is 107 Å². The molecule has 0 bridgehead atoms. The summed E-state index contributed by atoms with van der Waals surface area (Å²) in [6.45, 7) is 9.19. The van der Waals surface area contributed by atoms with Gasteiger partial charge in [-0.05, 0) is 87.5 Å². The van der Waals surface area contributed by atoms with E-state index in [1.165, 1.54) is 36.8 Å². The van der Waals surface area contributed by atoms with Gasteiger partial charge in [0.15, 0.2) is 0 Å². The lowest BCUT2D eigenvalue weighted by Crippen LogP contribution is -2.60. The number of carbonyl (C=O) groups is 1. The lowest BCUT2D eigenvalue weighted by atomic mass is 9.84. The standard InChI is InChI=1S/C29H47N5O3/c1-18-5-3-7-22-12-25(33-26(18)22)29(36)34-28(21-8-9-21)27-19(2)11-24(16-32-27)37-17-23(35)15-31-14-20-6-4-10-30-13-20/h3,5,7,19-21,23-25,27-28,30-33,35H,4,6,8-17H2,1-2H3,(H,34,36). The number of aliphatic hydroxyl groups is 1. The molecule has 8 heteroatoms. The van der Waals surface area contributed by atoms with Gasteiger partial charge in [0.25, 0.3) is 0 Å². The number of nitrogens with one attached hydrogen (secondary N) is 5. The molecular formula is C29H47N5O3. The Kier molecular flexibility index (Phi) is 9.03. The number of carbonyl (C=O) groups excluding carboxylic acids is 1. The van der Waals surface area contributed by atoms with Crippen molar-refractivity contribution in [2.24, 2.45) is 17.8 Å². The third-order valence-corrected chi connectivity index (χ3v) is 8.81. The molecular weight excluding hydrogens is 466 g/mol. The molecule has 1 saturated carbocycles. The van der Waals surface area contributed by atoms with Gasteiger partial charge in [0.2, 0.25) is 5.91 Å². The van der Waals surface area contributed by atoms with E-state index in [0.717, 1.165) is 44.7 Å². The van der Waals surface area contributed by atoms with E-state index in [2.05, 4.69) is 58.6 Å². The molecule has 1 aromatic rings. The number of rotatable bonds is 11. The highest BCUT2D eigenvalue weighted by Crippen LogP contribution is 2.37. The summed E-state index contributed by atoms with van der Waals surface area (Å²) in [5.41, 5.74) is 3.55. The first-order valence-electron chi connectivity index (χ1n) is 14.6. The molecule has 0 spiro atoms. The van der Waals surface area contributed by atoms with Crippen LogP contribution in [-0.2, 0) is 16.0 Å². The third kappa shape index (κ3) is 7.03. The summed E-state index contributed by atoms with van der Waals surface area (Å²) >= 11 is 0. The number of para-hydroxylation sites is 1. The monoisotopic (exact) mass is 513 g/mol. The minimum Gasteiger partial charge on any atom is -0.389 e. The second-order valence-electron chi connectivity index (χ2n) is 12.0. The first kappa shape index (κ1) is 26.9. The highest BCUT2D eigenvalue weighted by atomic mass is 16.5. The molecule has 3 fully saturated rings. The molecule has 1 aliphatic carbocycles. The number of ether oxygens (including phenoxy) is 1. The number of hydrogen-bond acceptors (Lipinski definition) is 7. The van der Waals surface area contributed by atoms with Gasteiger partial charge in [-0.3, -0.25) is 4.79 Å². The van der Waals surface area contributed by atoms with Crippen LogP contribution in [0.4, 0.5) is 5.69 Å². The lowest BCUT2D eigenvalue weighted by molar-refractivity contribution is -0.123. The van der Waals surface area contributed by atoms with Crippen LogP contribution in [0.5, 0.6) is 0 Å². The molecule has 5 rings (SSSR count). The zero-order valence-corrected chi connectivity index (χ0v) is 22.6. The van der Waals surface area contributed by atoms with Crippen LogP contribution in [0, 0.1) is 24.7 Å². The summed E-state index contributed by atoms with van der Waals surface area (Å²) in [5, 5.41) is 27.9. The average Bonchev–Trinajstić information content (AvgIpc) is 3.64. The van der Waals surface area contributed by atoms with Crippen molar-refractivity contribution >= 4 is 11.6 Å². The Morgan fingerprint density at radius 3 is 2.84 bits per heavy atom. The van der Waals surface area contributed by atoms with E-state index in [0.29, 0.717) is 30.9 Å². The van der Waals surface area contributed by atoms with E-state index in [1.54, 1.807) is 0 Å². The maximum Gasteiger partial charge on any atom is 0.243 e. The van der Waals surface area contributed by atoms with Gasteiger partial charge in [0.1, 0.15) is 6.04 Å². The summed E-state index contributed by atoms with van der Waals surface area (Å²) in [7, 11) is 0. The fourth-order valence-electron chi connectivity index (χ4n) is 6.51. The van der Waals surface area contributed by atoms with E-state index < -0.39 is 6.10 Å². The molecule has 0 radical (unpaired) electrons. The second-order valence-corrected chi connectivity index (χ2v) is 12.0. The predicted octanol–water partition coefficient (Wildman–Crippen LogP) is 1.56. The minimum atomic E-state index is -0.491. The van der Waals surface area contributed by atoms with Crippen molar-refractivity contribution in [3.05, 3.63) is 29.3 Å². The van der Waals surface area contributed by atoms with Crippen LogP contribution < -0.4 is 26.6 Å². The molecule has 206 valence electrons. The maximum atomic E-state index is 13.3. The molecule has 3 heterocycles. The molecule has 37 heavy (non-hydrogen) atoms. The molecule has 2 saturated heterocycles. The van der Waals surface area contributed by atoms with Crippen molar-refractivity contribution in [3.8, 4) is 0 Å². The van der Waals surface area contributed by atoms with Crippen molar-refractivity contribution in [1.82, 2.24) is 21.3 Å². The predicted molar refractivity (Wildman–Crippen MR) is 147 cm³/mol. The van der Waals surface area contributed by atoms with Crippen molar-refractivity contribution in [1.29, 1.82) is 0 Å². The molecule has 4 aliphatic rings. The Labute approximate surface area is 222 Å². The SMILES string of the molecule is Cc1cccc2c1NC(C(=O)NC(C1CC1)C1NCC(OCC(O)CNCC3CCCNC3)CC1C)C2. The number of amides is 1. The van der Waals surface area contributed by atoms with E-state index in [9.17, 15) is 9.90 Å². The zero-order valence-electron chi connectivity index (χ0n) is 22.6. The van der Waals surface area contributed by atoms with Crippen molar-refractivity contribution in [3.63, 3.8) is 0 Å². The first-order valence-corrected chi connectivity index (χ1v) is 14.6. The second kappa shape index (κ2) is 12.4. The van der Waals surface area contributed by atoms with Gasteiger partial charge in [-0.2, -0.15) is 0 Å². The van der Waals surface area contributed by atoms with Crippen LogP contribution in [-0.4, -0.2) is 80.7 Å². The molecule has 0 aromatic heterocycles. The molecule has 7 unspecified atom stereocenters. The summed E-state index contributed by atoms with van der Waals surface area (Å²) < 4.78 is 6.11. The Balaban J connectivity index is 1.05. The van der Waals surface area contributed by atoms with Crippen molar-refractivity contribution in [2.75, 3.05) is 44.6 Å². The van der Waals surface area contributed by atoms with Gasteiger partial charge < -0.3 is 36.4 Å². The normalized spacial score (nSPS) is 31.3. The fraction of sp³-hybridized carbons (Fsp3) is 0.759. The smallest absolute Gasteiger partial charge is 0.243 e. The number of aryl methyl sites for hydroxylation is 1. The van der Waals surface area contributed by atoms with Crippen LogP contribution >= 0.6 is 0 Å². The van der Waals surface area contributed by atoms with Crippen LogP contribution in [0.25, 0.3) is 0 Å². The molecule has 8 nitrogen and oxygen atoms in total. The van der Waals surface area contributed by atoms with Crippen LogP contribution in [0.1, 0.15) is 50.2 Å². The van der Waals surface area contributed by atoms with Gasteiger partial charge in [0, 0.05) is 37.3 Å². The van der Waals surface area contributed by atoms with Gasteiger partial charge in [-0.15, -0.1) is 0 Å². The average molecular weight is 514 g/mol. The molecule has 6 N–H and O–H groups in total. The maximum absolute atomic E-state index is 13.3. The highest BCUT2D eigenvalue weighted by molar-refractivity contribution is 5.88. The minimum absolute atomic E-state index is 0.0907. The summed E-state index contributed by atoms with van der Waals surface area (Å²) in [6.07, 6.45) is 6.15. The molecule has 3 aliphatic heterocycles. The van der Waals surface area contributed by atoms with Gasteiger partial charge in [0.05, 0.1) is 18.8 Å². The number of anilines is 1. The first-order chi connectivity index (χ1) is 18.0. The van der Waals surface area contributed by atoms with E-state index in [1.807, 2.05) is 0 Å². The third-order valence-electron chi connectivity index (χ3n) is 8.81. The Morgan fingerprint density at radius 2 is 2.11 bits per heavy atom. The fourth-order valence-corrected chi connectivity index (χ4v) is 6.51. The largest absolute Gasteiger partial charge is 0.389 e. The van der Waals surface area contributed by atoms with E-state index in [4.69, 9.17) is 4.74 Å². The zero-order chi connectivity index (χ0) is 25.8. The quantitative estimate of drug-likeness (QED) is 0.267. The van der Waals surface area contributed by atoms with Crippen LogP contribution in [0.15, 0.2) is 18.2 Å². The van der Waals surface area contributed by atoms with Crippen molar-refractivity contribution in [2.45, 2.75) is 82.7 Å². The van der Waals surface area contributed by atoms with Crippen LogP contribution in [0.3, 0.4) is 0 Å². The number of piperidine rings is 2. The lowest BCUT2D eigenvalue weighted by Gasteiger charge is -2.40. The highest BCUT2D eigenvalue weighted by Gasteiger charge is 2.43. The van der Waals surface area contributed by atoms with E-state index >= 15 is 0 Å². The number of hydrogen-bond donors (Lipinski definition) is 6. The molecule has 7 atom stereocenters. The number of aliphatic hydroxyl groups excluding tert-OH is 1. The summed E-state index contributed by atoms with van der Waals surface area (Å²) in [6, 6.07) is 6.48. The Bertz CT molecular complexity index is 904. The Morgan fingerprint density at radius 1 is 1.24 bits per heavy atom. The summed E-state index contributed by atoms with van der Waals surface area (Å²) in [5.74, 6) is 1.71. The number of benzene rings is 1. The van der Waals surface area contributed by atoms with Crippen molar-refractivity contribution < 1.29 is 14.6 Å². The molecule has 1 aromatic carbocycles. The van der Waals surface area contributed by atoms with Gasteiger partial charge in [-0.1, -0.05) is 25.1 Å². The molecule has 1 amide bonds. The summed E-state index contributed by atoms with van der Waals surface area (Å²) in [4.78, 5) is 13.3. The van der Waals surface area contributed by atoms with Gasteiger partial charge in [-0.25, -0.2) is 0 Å².